The van der Waals surface area contributed by atoms with Crippen LogP contribution in [0.3, 0.4) is 0 Å². The van der Waals surface area contributed by atoms with Gasteiger partial charge < -0.3 is 9.26 Å². The predicted molar refractivity (Wildman–Crippen MR) is 109 cm³/mol. The lowest BCUT2D eigenvalue weighted by Gasteiger charge is -2.02. The lowest BCUT2D eigenvalue weighted by molar-refractivity contribution is 0.296. The van der Waals surface area contributed by atoms with Crippen molar-refractivity contribution in [1.29, 1.82) is 0 Å². The molecule has 0 bridgehead atoms. The molecule has 2 heterocycles. The minimum atomic E-state index is 0.281. The molecular weight excluding hydrogens is 466 g/mol. The highest BCUT2D eigenvalue weighted by Gasteiger charge is 2.11. The van der Waals surface area contributed by atoms with Crippen LogP contribution < -0.4 is 4.74 Å². The van der Waals surface area contributed by atoms with E-state index in [4.69, 9.17) is 20.9 Å². The Morgan fingerprint density at radius 3 is 2.82 bits per heavy atom. The van der Waals surface area contributed by atoms with Gasteiger partial charge in [-0.05, 0) is 36.4 Å². The van der Waals surface area contributed by atoms with E-state index in [-0.39, 0.29) is 6.61 Å². The molecule has 4 rings (SSSR count). The number of thioether (sulfide) groups is 1. The molecule has 10 heteroatoms. The molecular formula is C18H13BrClN5O2S. The number of aromatic amines is 1. The fraction of sp³-hybridized carbons (Fsp3) is 0.111. The highest BCUT2D eigenvalue weighted by Crippen LogP contribution is 2.23. The first-order valence-corrected chi connectivity index (χ1v) is 10.3. The molecule has 0 aliphatic carbocycles. The summed E-state index contributed by atoms with van der Waals surface area (Å²) in [5.41, 5.74) is 0.883. The summed E-state index contributed by atoms with van der Waals surface area (Å²) >= 11 is 10.7. The van der Waals surface area contributed by atoms with Crippen LogP contribution in [0.15, 0.2) is 62.7 Å². The SMILES string of the molecule is Clc1ccc(OCc2nc(SCc3nc(-c4cccc(Br)c4)no3)n[nH]2)cc1. The third kappa shape index (κ3) is 4.92. The maximum Gasteiger partial charge on any atom is 0.237 e. The Labute approximate surface area is 178 Å². The summed E-state index contributed by atoms with van der Waals surface area (Å²) < 4.78 is 11.9. The Bertz CT molecular complexity index is 1070. The Morgan fingerprint density at radius 1 is 1.14 bits per heavy atom. The number of halogens is 2. The smallest absolute Gasteiger partial charge is 0.237 e. The van der Waals surface area contributed by atoms with Gasteiger partial charge in [0.05, 0.1) is 5.75 Å². The Hall–Kier alpha value is -2.36. The van der Waals surface area contributed by atoms with E-state index in [1.807, 2.05) is 24.3 Å². The first-order chi connectivity index (χ1) is 13.7. The van der Waals surface area contributed by atoms with Gasteiger partial charge in [-0.1, -0.05) is 56.6 Å². The molecule has 142 valence electrons. The maximum atomic E-state index is 5.85. The van der Waals surface area contributed by atoms with Crippen LogP contribution in [0.25, 0.3) is 11.4 Å². The second kappa shape index (κ2) is 8.76. The molecule has 4 aromatic rings. The van der Waals surface area contributed by atoms with Gasteiger partial charge in [-0.2, -0.15) is 4.98 Å². The fourth-order valence-corrected chi connectivity index (χ4v) is 3.45. The van der Waals surface area contributed by atoms with E-state index in [0.717, 1.165) is 10.0 Å². The van der Waals surface area contributed by atoms with Crippen molar-refractivity contribution in [2.75, 3.05) is 0 Å². The minimum Gasteiger partial charge on any atom is -0.486 e. The molecule has 0 aliphatic heterocycles. The molecule has 2 aromatic heterocycles. The van der Waals surface area contributed by atoms with Crippen molar-refractivity contribution in [3.05, 3.63) is 69.7 Å². The number of nitrogens with zero attached hydrogens (tertiary/aromatic N) is 4. The van der Waals surface area contributed by atoms with Crippen molar-refractivity contribution in [3.8, 4) is 17.1 Å². The number of nitrogens with one attached hydrogen (secondary N) is 1. The standard InChI is InChI=1S/C18H13BrClN5O2S/c19-12-3-1-2-11(8-12)17-22-16(27-25-17)10-28-18-21-15(23-24-18)9-26-14-6-4-13(20)5-7-14/h1-8H,9-10H2,(H,21,23,24). The molecule has 1 N–H and O–H groups in total. The quantitative estimate of drug-likeness (QED) is 0.368. The van der Waals surface area contributed by atoms with Crippen molar-refractivity contribution in [2.24, 2.45) is 0 Å². The van der Waals surface area contributed by atoms with Crippen LogP contribution >= 0.6 is 39.3 Å². The van der Waals surface area contributed by atoms with Crippen LogP contribution in [0.4, 0.5) is 0 Å². The van der Waals surface area contributed by atoms with E-state index >= 15 is 0 Å². The molecule has 0 unspecified atom stereocenters. The van der Waals surface area contributed by atoms with Crippen molar-refractivity contribution in [3.63, 3.8) is 0 Å². The van der Waals surface area contributed by atoms with Crippen LogP contribution in [0.2, 0.25) is 5.02 Å². The molecule has 0 fully saturated rings. The number of ether oxygens (including phenoxy) is 1. The zero-order valence-corrected chi connectivity index (χ0v) is 17.5. The summed E-state index contributed by atoms with van der Waals surface area (Å²) in [6.07, 6.45) is 0. The van der Waals surface area contributed by atoms with E-state index in [9.17, 15) is 0 Å². The van der Waals surface area contributed by atoms with Crippen molar-refractivity contribution in [1.82, 2.24) is 25.3 Å². The van der Waals surface area contributed by atoms with Crippen LogP contribution in [0, 0.1) is 0 Å². The second-order valence-electron chi connectivity index (χ2n) is 5.62. The number of hydrogen-bond donors (Lipinski definition) is 1. The highest BCUT2D eigenvalue weighted by atomic mass is 79.9. The van der Waals surface area contributed by atoms with E-state index < -0.39 is 0 Å². The fourth-order valence-electron chi connectivity index (χ4n) is 2.27. The van der Waals surface area contributed by atoms with E-state index in [0.29, 0.717) is 39.2 Å². The summed E-state index contributed by atoms with van der Waals surface area (Å²) in [5.74, 6) is 2.85. The van der Waals surface area contributed by atoms with Gasteiger partial charge in [0.1, 0.15) is 12.4 Å². The van der Waals surface area contributed by atoms with Crippen LogP contribution in [-0.4, -0.2) is 25.3 Å². The van der Waals surface area contributed by atoms with Crippen LogP contribution in [0.5, 0.6) is 5.75 Å². The van der Waals surface area contributed by atoms with Crippen LogP contribution in [-0.2, 0) is 12.4 Å². The average Bonchev–Trinajstić information content (AvgIpc) is 3.35. The van der Waals surface area contributed by atoms with Crippen molar-refractivity contribution < 1.29 is 9.26 Å². The monoisotopic (exact) mass is 477 g/mol. The van der Waals surface area contributed by atoms with Gasteiger partial charge in [0.25, 0.3) is 0 Å². The molecule has 0 aliphatic rings. The van der Waals surface area contributed by atoms with Gasteiger partial charge in [0.2, 0.25) is 16.9 Å². The van der Waals surface area contributed by atoms with Gasteiger partial charge in [0.15, 0.2) is 5.82 Å². The molecule has 0 saturated heterocycles. The maximum absolute atomic E-state index is 5.85. The van der Waals surface area contributed by atoms with Crippen molar-refractivity contribution >= 4 is 39.3 Å². The first kappa shape index (κ1) is 19.0. The molecule has 2 aromatic carbocycles. The number of hydrogen-bond acceptors (Lipinski definition) is 7. The zero-order chi connectivity index (χ0) is 19.3. The average molecular weight is 479 g/mol. The van der Waals surface area contributed by atoms with Gasteiger partial charge in [-0.25, -0.2) is 4.98 Å². The largest absolute Gasteiger partial charge is 0.486 e. The van der Waals surface area contributed by atoms with Gasteiger partial charge in [0, 0.05) is 15.1 Å². The first-order valence-electron chi connectivity index (χ1n) is 8.17. The molecule has 0 atom stereocenters. The minimum absolute atomic E-state index is 0.281. The summed E-state index contributed by atoms with van der Waals surface area (Å²) in [6.45, 7) is 0.281. The lowest BCUT2D eigenvalue weighted by Crippen LogP contribution is -1.97. The topological polar surface area (TPSA) is 89.7 Å². The van der Waals surface area contributed by atoms with E-state index in [2.05, 4.69) is 41.3 Å². The van der Waals surface area contributed by atoms with Gasteiger partial charge in [-0.3, -0.25) is 5.10 Å². The third-order valence-corrected chi connectivity index (χ3v) is 5.15. The van der Waals surface area contributed by atoms with Crippen LogP contribution in [0.1, 0.15) is 11.7 Å². The normalized spacial score (nSPS) is 10.9. The summed E-state index contributed by atoms with van der Waals surface area (Å²) in [6, 6.07) is 14.9. The molecule has 28 heavy (non-hydrogen) atoms. The van der Waals surface area contributed by atoms with Crippen molar-refractivity contribution in [2.45, 2.75) is 17.5 Å². The number of H-pyrrole nitrogens is 1. The van der Waals surface area contributed by atoms with Gasteiger partial charge in [-0.15, -0.1) is 5.10 Å². The molecule has 0 radical (unpaired) electrons. The number of rotatable bonds is 7. The summed E-state index contributed by atoms with van der Waals surface area (Å²) in [7, 11) is 0. The molecule has 0 spiro atoms. The Kier molecular flexibility index (Phi) is 5.94. The molecule has 0 amide bonds. The van der Waals surface area contributed by atoms with E-state index in [1.54, 1.807) is 24.3 Å². The lowest BCUT2D eigenvalue weighted by atomic mass is 10.2. The number of aromatic nitrogens is 5. The van der Waals surface area contributed by atoms with E-state index in [1.165, 1.54) is 11.8 Å². The molecule has 0 saturated carbocycles. The Balaban J connectivity index is 1.31. The predicted octanol–water partition coefficient (Wildman–Crippen LogP) is 5.14. The zero-order valence-electron chi connectivity index (χ0n) is 14.3. The Morgan fingerprint density at radius 2 is 2.00 bits per heavy atom. The number of benzene rings is 2. The summed E-state index contributed by atoms with van der Waals surface area (Å²) in [4.78, 5) is 8.79. The third-order valence-electron chi connectivity index (χ3n) is 3.58. The van der Waals surface area contributed by atoms with Gasteiger partial charge >= 0.3 is 0 Å². The summed E-state index contributed by atoms with van der Waals surface area (Å²) in [5, 5.41) is 12.3. The highest BCUT2D eigenvalue weighted by molar-refractivity contribution is 9.10. The molecule has 7 nitrogen and oxygen atoms in total. The second-order valence-corrected chi connectivity index (χ2v) is 7.91.